The number of halogens is 5. The fraction of sp³-hybridized carbons (Fsp3) is 0.182. The van der Waals surface area contributed by atoms with E-state index in [9.17, 15) is 22.0 Å². The van der Waals surface area contributed by atoms with E-state index in [0.717, 1.165) is 29.5 Å². The van der Waals surface area contributed by atoms with E-state index in [1.165, 1.54) is 11.6 Å². The molecule has 0 aliphatic rings. The maximum absolute atomic E-state index is 14.4. The van der Waals surface area contributed by atoms with Crippen LogP contribution in [0.5, 0.6) is 0 Å². The van der Waals surface area contributed by atoms with Gasteiger partial charge in [0, 0.05) is 11.3 Å². The Morgan fingerprint density at radius 2 is 1.48 bits per heavy atom. The number of benzene rings is 3. The van der Waals surface area contributed by atoms with E-state index in [1.54, 1.807) is 18.1 Å². The van der Waals surface area contributed by atoms with Gasteiger partial charge in [-0.15, -0.1) is 0 Å². The Kier molecular flexibility index (Phi) is 5.18. The number of aryl methyl sites for hydroxylation is 3. The topological polar surface area (TPSA) is 0 Å². The lowest BCUT2D eigenvalue weighted by molar-refractivity contribution is -0.0696. The lowest BCUT2D eigenvalue weighted by Gasteiger charge is -2.08. The zero-order valence-corrected chi connectivity index (χ0v) is 14.4. The summed E-state index contributed by atoms with van der Waals surface area (Å²) in [7, 11) is 0. The first-order valence-electron chi connectivity index (χ1n) is 8.29. The predicted molar refractivity (Wildman–Crippen MR) is 95.4 cm³/mol. The van der Waals surface area contributed by atoms with Crippen LogP contribution in [-0.2, 0) is 12.8 Å². The second-order valence-corrected chi connectivity index (χ2v) is 6.34. The maximum atomic E-state index is 14.4. The van der Waals surface area contributed by atoms with Crippen LogP contribution in [0, 0.1) is 30.4 Å². The van der Waals surface area contributed by atoms with E-state index >= 15 is 0 Å². The standard InChI is InChI=1S/C22H15F5/c1-14-2-4-15(5-3-14)6-7-16-8-9-18-17(12-16)13-20(23)19(21(18)24)10-11-22(25,26)27/h2-5,8-9,12-13H,6-7H2,1H3. The molecular formula is C22H15F5. The maximum Gasteiger partial charge on any atom is 0.458 e. The minimum atomic E-state index is -4.81. The first-order chi connectivity index (χ1) is 12.7. The van der Waals surface area contributed by atoms with E-state index in [-0.39, 0.29) is 5.39 Å². The zero-order chi connectivity index (χ0) is 19.6. The molecule has 0 nitrogen and oxygen atoms in total. The van der Waals surface area contributed by atoms with Crippen LogP contribution in [0.3, 0.4) is 0 Å². The van der Waals surface area contributed by atoms with Crippen LogP contribution in [0.25, 0.3) is 10.8 Å². The Balaban J connectivity index is 1.89. The number of alkyl halides is 3. The van der Waals surface area contributed by atoms with Crippen molar-refractivity contribution in [1.29, 1.82) is 0 Å². The van der Waals surface area contributed by atoms with Crippen LogP contribution in [0.4, 0.5) is 22.0 Å². The first kappa shape index (κ1) is 18.9. The molecule has 0 aliphatic carbocycles. The van der Waals surface area contributed by atoms with Gasteiger partial charge < -0.3 is 0 Å². The summed E-state index contributed by atoms with van der Waals surface area (Å²) in [6.07, 6.45) is -3.36. The Bertz CT molecular complexity index is 1030. The summed E-state index contributed by atoms with van der Waals surface area (Å²) in [6, 6.07) is 13.9. The zero-order valence-electron chi connectivity index (χ0n) is 14.4. The van der Waals surface area contributed by atoms with E-state index < -0.39 is 23.4 Å². The van der Waals surface area contributed by atoms with Gasteiger partial charge in [-0.3, -0.25) is 0 Å². The summed E-state index contributed by atoms with van der Waals surface area (Å²) >= 11 is 0. The van der Waals surface area contributed by atoms with Gasteiger partial charge in [-0.2, -0.15) is 13.2 Å². The molecule has 0 bridgehead atoms. The average Bonchev–Trinajstić information content (AvgIpc) is 2.60. The van der Waals surface area contributed by atoms with Gasteiger partial charge in [-0.05, 0) is 42.3 Å². The molecule has 0 heterocycles. The number of hydrogen-bond donors (Lipinski definition) is 0. The Morgan fingerprint density at radius 3 is 2.15 bits per heavy atom. The molecule has 0 unspecified atom stereocenters. The molecule has 27 heavy (non-hydrogen) atoms. The molecule has 0 spiro atoms. The molecule has 0 N–H and O–H groups in total. The normalized spacial score (nSPS) is 11.3. The molecule has 0 saturated heterocycles. The number of fused-ring (bicyclic) bond motifs is 1. The molecular weight excluding hydrogens is 359 g/mol. The van der Waals surface area contributed by atoms with Gasteiger partial charge in [-0.1, -0.05) is 53.9 Å². The molecule has 0 radical (unpaired) electrons. The third kappa shape index (κ3) is 4.65. The highest BCUT2D eigenvalue weighted by atomic mass is 19.4. The average molecular weight is 374 g/mol. The first-order valence-corrected chi connectivity index (χ1v) is 8.29. The van der Waals surface area contributed by atoms with Gasteiger partial charge in [-0.25, -0.2) is 8.78 Å². The van der Waals surface area contributed by atoms with Crippen molar-refractivity contribution in [2.75, 3.05) is 0 Å². The van der Waals surface area contributed by atoms with Crippen molar-refractivity contribution in [3.8, 4) is 11.8 Å². The second kappa shape index (κ2) is 7.40. The largest absolute Gasteiger partial charge is 0.458 e. The van der Waals surface area contributed by atoms with Gasteiger partial charge in [0.2, 0.25) is 0 Å². The fourth-order valence-electron chi connectivity index (χ4n) is 2.83. The smallest absolute Gasteiger partial charge is 0.205 e. The van der Waals surface area contributed by atoms with Crippen molar-refractivity contribution in [2.45, 2.75) is 25.9 Å². The highest BCUT2D eigenvalue weighted by molar-refractivity contribution is 5.85. The minimum absolute atomic E-state index is 0.0435. The van der Waals surface area contributed by atoms with Crippen molar-refractivity contribution >= 4 is 10.8 Å². The molecule has 138 valence electrons. The number of rotatable bonds is 3. The molecule has 0 atom stereocenters. The van der Waals surface area contributed by atoms with E-state index in [1.807, 2.05) is 31.2 Å². The van der Waals surface area contributed by atoms with E-state index in [4.69, 9.17) is 0 Å². The van der Waals surface area contributed by atoms with Crippen LogP contribution in [0.2, 0.25) is 0 Å². The van der Waals surface area contributed by atoms with Gasteiger partial charge >= 0.3 is 6.18 Å². The van der Waals surface area contributed by atoms with Gasteiger partial charge in [0.25, 0.3) is 0 Å². The van der Waals surface area contributed by atoms with Gasteiger partial charge in [0.1, 0.15) is 11.6 Å². The van der Waals surface area contributed by atoms with Crippen LogP contribution >= 0.6 is 0 Å². The van der Waals surface area contributed by atoms with Crippen LogP contribution in [0.1, 0.15) is 22.3 Å². The highest BCUT2D eigenvalue weighted by Gasteiger charge is 2.23. The molecule has 0 fully saturated rings. The molecule has 3 aromatic rings. The van der Waals surface area contributed by atoms with Crippen molar-refractivity contribution in [2.24, 2.45) is 0 Å². The summed E-state index contributed by atoms with van der Waals surface area (Å²) < 4.78 is 65.1. The third-order valence-electron chi connectivity index (χ3n) is 4.25. The third-order valence-corrected chi connectivity index (χ3v) is 4.25. The molecule has 5 heteroatoms. The molecule has 3 aromatic carbocycles. The van der Waals surface area contributed by atoms with E-state index in [0.29, 0.717) is 11.8 Å². The SMILES string of the molecule is Cc1ccc(CCc2ccc3c(F)c(C#CC(F)(F)F)c(F)cc3c2)cc1. The van der Waals surface area contributed by atoms with Gasteiger partial charge in [0.05, 0.1) is 5.56 Å². The monoisotopic (exact) mass is 374 g/mol. The quantitative estimate of drug-likeness (QED) is 0.382. The predicted octanol–water partition coefficient (Wildman–Crippen LogP) is 6.13. The van der Waals surface area contributed by atoms with Gasteiger partial charge in [0.15, 0.2) is 0 Å². The van der Waals surface area contributed by atoms with Crippen molar-refractivity contribution in [3.63, 3.8) is 0 Å². The lowest BCUT2D eigenvalue weighted by Crippen LogP contribution is -2.02. The Morgan fingerprint density at radius 1 is 0.852 bits per heavy atom. The minimum Gasteiger partial charge on any atom is -0.205 e. The van der Waals surface area contributed by atoms with E-state index in [2.05, 4.69) is 0 Å². The molecule has 0 saturated carbocycles. The summed E-state index contributed by atoms with van der Waals surface area (Å²) in [5, 5.41) is 0.339. The molecule has 0 amide bonds. The molecule has 0 aliphatic heterocycles. The van der Waals surface area contributed by atoms with Crippen LogP contribution in [0.15, 0.2) is 48.5 Å². The molecule has 3 rings (SSSR count). The second-order valence-electron chi connectivity index (χ2n) is 6.34. The highest BCUT2D eigenvalue weighted by Crippen LogP contribution is 2.26. The summed E-state index contributed by atoms with van der Waals surface area (Å²) in [5.74, 6) is 0.281. The Labute approximate surface area is 153 Å². The fourth-order valence-corrected chi connectivity index (χ4v) is 2.83. The lowest BCUT2D eigenvalue weighted by atomic mass is 9.99. The number of hydrogen-bond acceptors (Lipinski definition) is 0. The summed E-state index contributed by atoms with van der Waals surface area (Å²) in [5.41, 5.74) is 2.33. The summed E-state index contributed by atoms with van der Waals surface area (Å²) in [6.45, 7) is 2.00. The van der Waals surface area contributed by atoms with Crippen LogP contribution in [-0.4, -0.2) is 6.18 Å². The van der Waals surface area contributed by atoms with Crippen LogP contribution < -0.4 is 0 Å². The summed E-state index contributed by atoms with van der Waals surface area (Å²) in [4.78, 5) is 0. The Hall–Kier alpha value is -2.87. The van der Waals surface area contributed by atoms with Crippen molar-refractivity contribution in [1.82, 2.24) is 0 Å². The molecule has 0 aromatic heterocycles. The van der Waals surface area contributed by atoms with Crippen molar-refractivity contribution < 1.29 is 22.0 Å². The van der Waals surface area contributed by atoms with Crippen molar-refractivity contribution in [3.05, 3.63) is 82.4 Å².